The Kier molecular flexibility index (Phi) is 2.81. The third kappa shape index (κ3) is 1.99. The lowest BCUT2D eigenvalue weighted by Crippen LogP contribution is -2.23. The average Bonchev–Trinajstić information content (AvgIpc) is 2.47. The first-order chi connectivity index (χ1) is 8.86. The highest BCUT2D eigenvalue weighted by Gasteiger charge is 2.19. The van der Waals surface area contributed by atoms with Crippen molar-refractivity contribution in [3.63, 3.8) is 0 Å². The second-order valence-electron chi connectivity index (χ2n) is 4.28. The van der Waals surface area contributed by atoms with Gasteiger partial charge < -0.3 is 14.8 Å². The molecule has 2 aromatic carbocycles. The highest BCUT2D eigenvalue weighted by Crippen LogP contribution is 2.33. The SMILES string of the molecule is COc1ccc(C2COc3ccccc3N2)cc1. The van der Waals surface area contributed by atoms with E-state index in [2.05, 4.69) is 17.4 Å². The highest BCUT2D eigenvalue weighted by molar-refractivity contribution is 5.59. The molecule has 2 aromatic rings. The average molecular weight is 241 g/mol. The van der Waals surface area contributed by atoms with Crippen molar-refractivity contribution < 1.29 is 9.47 Å². The van der Waals surface area contributed by atoms with Crippen molar-refractivity contribution in [3.05, 3.63) is 54.1 Å². The number of methoxy groups -OCH3 is 1. The van der Waals surface area contributed by atoms with E-state index in [1.54, 1.807) is 7.11 Å². The van der Waals surface area contributed by atoms with Crippen LogP contribution in [0.5, 0.6) is 11.5 Å². The summed E-state index contributed by atoms with van der Waals surface area (Å²) >= 11 is 0. The van der Waals surface area contributed by atoms with Gasteiger partial charge in [-0.1, -0.05) is 24.3 Å². The molecule has 0 amide bonds. The Bertz CT molecular complexity index is 536. The van der Waals surface area contributed by atoms with Gasteiger partial charge in [0.25, 0.3) is 0 Å². The Morgan fingerprint density at radius 1 is 1.11 bits per heavy atom. The van der Waals surface area contributed by atoms with Gasteiger partial charge in [-0.05, 0) is 29.8 Å². The fraction of sp³-hybridized carbons (Fsp3) is 0.200. The van der Waals surface area contributed by atoms with Crippen LogP contribution < -0.4 is 14.8 Å². The molecular formula is C15H15NO2. The number of hydrogen-bond donors (Lipinski definition) is 1. The molecular weight excluding hydrogens is 226 g/mol. The maximum Gasteiger partial charge on any atom is 0.142 e. The lowest BCUT2D eigenvalue weighted by Gasteiger charge is -2.27. The molecule has 0 saturated heterocycles. The zero-order valence-electron chi connectivity index (χ0n) is 10.2. The summed E-state index contributed by atoms with van der Waals surface area (Å²) in [6.45, 7) is 0.642. The molecule has 18 heavy (non-hydrogen) atoms. The summed E-state index contributed by atoms with van der Waals surface area (Å²) in [4.78, 5) is 0. The molecule has 1 aliphatic rings. The van der Waals surface area contributed by atoms with Gasteiger partial charge in [0.15, 0.2) is 0 Å². The molecule has 1 atom stereocenters. The van der Waals surface area contributed by atoms with Crippen molar-refractivity contribution in [3.8, 4) is 11.5 Å². The second-order valence-corrected chi connectivity index (χ2v) is 4.28. The van der Waals surface area contributed by atoms with Crippen LogP contribution in [0.2, 0.25) is 0 Å². The van der Waals surface area contributed by atoms with E-state index in [1.165, 1.54) is 5.56 Å². The van der Waals surface area contributed by atoms with E-state index in [1.807, 2.05) is 36.4 Å². The first-order valence-electron chi connectivity index (χ1n) is 5.99. The summed E-state index contributed by atoms with van der Waals surface area (Å²) in [5.41, 5.74) is 2.25. The zero-order chi connectivity index (χ0) is 12.4. The number of anilines is 1. The number of benzene rings is 2. The monoisotopic (exact) mass is 241 g/mol. The third-order valence-electron chi connectivity index (χ3n) is 3.14. The van der Waals surface area contributed by atoms with Crippen LogP contribution in [-0.4, -0.2) is 13.7 Å². The van der Waals surface area contributed by atoms with E-state index >= 15 is 0 Å². The maximum absolute atomic E-state index is 5.75. The number of ether oxygens (including phenoxy) is 2. The molecule has 0 aliphatic carbocycles. The smallest absolute Gasteiger partial charge is 0.142 e. The fourth-order valence-corrected chi connectivity index (χ4v) is 2.13. The number of rotatable bonds is 2. The summed E-state index contributed by atoms with van der Waals surface area (Å²) in [5.74, 6) is 1.79. The molecule has 1 aliphatic heterocycles. The Morgan fingerprint density at radius 2 is 1.89 bits per heavy atom. The van der Waals surface area contributed by atoms with Gasteiger partial charge in [-0.2, -0.15) is 0 Å². The number of fused-ring (bicyclic) bond motifs is 1. The van der Waals surface area contributed by atoms with Gasteiger partial charge in [-0.25, -0.2) is 0 Å². The van der Waals surface area contributed by atoms with Crippen LogP contribution in [0.4, 0.5) is 5.69 Å². The van der Waals surface area contributed by atoms with Crippen LogP contribution in [0.25, 0.3) is 0 Å². The van der Waals surface area contributed by atoms with Crippen molar-refractivity contribution in [1.29, 1.82) is 0 Å². The molecule has 92 valence electrons. The Hall–Kier alpha value is -2.16. The predicted octanol–water partition coefficient (Wildman–Crippen LogP) is 3.24. The molecule has 0 bridgehead atoms. The largest absolute Gasteiger partial charge is 0.497 e. The van der Waals surface area contributed by atoms with Gasteiger partial charge in [-0.15, -0.1) is 0 Å². The van der Waals surface area contributed by atoms with Crippen molar-refractivity contribution in [2.75, 3.05) is 19.0 Å². The molecule has 3 heteroatoms. The quantitative estimate of drug-likeness (QED) is 0.875. The van der Waals surface area contributed by atoms with E-state index in [4.69, 9.17) is 9.47 Å². The van der Waals surface area contributed by atoms with E-state index in [0.717, 1.165) is 17.2 Å². The van der Waals surface area contributed by atoms with E-state index in [0.29, 0.717) is 6.61 Å². The summed E-state index contributed by atoms with van der Waals surface area (Å²) in [7, 11) is 1.67. The highest BCUT2D eigenvalue weighted by atomic mass is 16.5. The second kappa shape index (κ2) is 4.61. The topological polar surface area (TPSA) is 30.5 Å². The maximum atomic E-state index is 5.75. The van der Waals surface area contributed by atoms with Crippen molar-refractivity contribution in [2.45, 2.75) is 6.04 Å². The van der Waals surface area contributed by atoms with E-state index < -0.39 is 0 Å². The first-order valence-corrected chi connectivity index (χ1v) is 5.99. The summed E-state index contributed by atoms with van der Waals surface area (Å²) in [6, 6.07) is 16.2. The molecule has 0 saturated carbocycles. The van der Waals surface area contributed by atoms with Gasteiger partial charge in [0.1, 0.15) is 18.1 Å². The molecule has 1 unspecified atom stereocenters. The lowest BCUT2D eigenvalue weighted by atomic mass is 10.1. The van der Waals surface area contributed by atoms with Gasteiger partial charge in [-0.3, -0.25) is 0 Å². The fourth-order valence-electron chi connectivity index (χ4n) is 2.13. The minimum atomic E-state index is 0.186. The number of nitrogens with one attached hydrogen (secondary N) is 1. The summed E-state index contributed by atoms with van der Waals surface area (Å²) < 4.78 is 10.9. The van der Waals surface area contributed by atoms with E-state index in [9.17, 15) is 0 Å². The van der Waals surface area contributed by atoms with E-state index in [-0.39, 0.29) is 6.04 Å². The Balaban J connectivity index is 1.82. The zero-order valence-corrected chi connectivity index (χ0v) is 10.2. The standard InChI is InChI=1S/C15H15NO2/c1-17-12-8-6-11(7-9-12)14-10-18-15-5-3-2-4-13(15)16-14/h2-9,14,16H,10H2,1H3. The van der Waals surface area contributed by atoms with Crippen molar-refractivity contribution in [1.82, 2.24) is 0 Å². The summed E-state index contributed by atoms with van der Waals surface area (Å²) in [5, 5.41) is 3.48. The number of hydrogen-bond acceptors (Lipinski definition) is 3. The van der Waals surface area contributed by atoms with Gasteiger partial charge in [0.05, 0.1) is 18.8 Å². The molecule has 0 fully saturated rings. The number of para-hydroxylation sites is 2. The minimum absolute atomic E-state index is 0.186. The lowest BCUT2D eigenvalue weighted by molar-refractivity contribution is 0.286. The molecule has 0 radical (unpaired) electrons. The van der Waals surface area contributed by atoms with Crippen LogP contribution in [0.15, 0.2) is 48.5 Å². The molecule has 3 rings (SSSR count). The van der Waals surface area contributed by atoms with Crippen LogP contribution in [0.3, 0.4) is 0 Å². The predicted molar refractivity (Wildman–Crippen MR) is 71.3 cm³/mol. The normalized spacial score (nSPS) is 17.3. The Labute approximate surface area is 106 Å². The van der Waals surface area contributed by atoms with Crippen LogP contribution in [0.1, 0.15) is 11.6 Å². The molecule has 0 aromatic heterocycles. The van der Waals surface area contributed by atoms with Crippen molar-refractivity contribution >= 4 is 5.69 Å². The Morgan fingerprint density at radius 3 is 2.67 bits per heavy atom. The molecule has 0 spiro atoms. The van der Waals surface area contributed by atoms with Crippen molar-refractivity contribution in [2.24, 2.45) is 0 Å². The van der Waals surface area contributed by atoms with Crippen LogP contribution >= 0.6 is 0 Å². The third-order valence-corrected chi connectivity index (χ3v) is 3.14. The van der Waals surface area contributed by atoms with Gasteiger partial charge >= 0.3 is 0 Å². The molecule has 1 heterocycles. The van der Waals surface area contributed by atoms with Crippen LogP contribution in [-0.2, 0) is 0 Å². The van der Waals surface area contributed by atoms with Gasteiger partial charge in [0.2, 0.25) is 0 Å². The minimum Gasteiger partial charge on any atom is -0.497 e. The molecule has 3 nitrogen and oxygen atoms in total. The van der Waals surface area contributed by atoms with Crippen LogP contribution in [0, 0.1) is 0 Å². The van der Waals surface area contributed by atoms with Gasteiger partial charge in [0, 0.05) is 0 Å². The summed E-state index contributed by atoms with van der Waals surface area (Å²) in [6.07, 6.45) is 0. The first kappa shape index (κ1) is 11.0. The molecule has 1 N–H and O–H groups in total.